The van der Waals surface area contributed by atoms with Crippen LogP contribution in [-0.2, 0) is 4.79 Å². The molecule has 1 N–H and O–H groups in total. The van der Waals surface area contributed by atoms with Gasteiger partial charge in [0.25, 0.3) is 5.91 Å². The van der Waals surface area contributed by atoms with Crippen molar-refractivity contribution in [1.29, 1.82) is 0 Å². The van der Waals surface area contributed by atoms with Crippen molar-refractivity contribution in [2.45, 2.75) is 32.7 Å². The van der Waals surface area contributed by atoms with Gasteiger partial charge in [0.2, 0.25) is 5.91 Å². The summed E-state index contributed by atoms with van der Waals surface area (Å²) >= 11 is 5.99. The maximum Gasteiger partial charge on any atom is 0.253 e. The Morgan fingerprint density at radius 1 is 1.29 bits per heavy atom. The second-order valence-corrected chi connectivity index (χ2v) is 6.09. The van der Waals surface area contributed by atoms with Crippen LogP contribution in [0.3, 0.4) is 0 Å². The summed E-state index contributed by atoms with van der Waals surface area (Å²) in [6, 6.07) is 6.29. The van der Waals surface area contributed by atoms with E-state index >= 15 is 0 Å². The number of hydrogen-bond donors (Lipinski definition) is 1. The maximum absolute atomic E-state index is 12.3. The molecule has 21 heavy (non-hydrogen) atoms. The van der Waals surface area contributed by atoms with E-state index in [0.29, 0.717) is 16.5 Å². The summed E-state index contributed by atoms with van der Waals surface area (Å²) in [4.78, 5) is 26.3. The first-order chi connectivity index (χ1) is 9.99. The van der Waals surface area contributed by atoms with Crippen LogP contribution >= 0.6 is 11.6 Å². The monoisotopic (exact) mass is 308 g/mol. The third kappa shape index (κ3) is 3.97. The van der Waals surface area contributed by atoms with Crippen LogP contribution in [0.2, 0.25) is 5.02 Å². The number of piperidine rings is 1. The summed E-state index contributed by atoms with van der Waals surface area (Å²) < 4.78 is 0. The molecule has 1 aliphatic heterocycles. The molecule has 1 saturated heterocycles. The van der Waals surface area contributed by atoms with Crippen LogP contribution in [0.25, 0.3) is 0 Å². The van der Waals surface area contributed by atoms with Gasteiger partial charge in [-0.25, -0.2) is 0 Å². The third-order valence-corrected chi connectivity index (χ3v) is 4.26. The molecule has 4 nitrogen and oxygen atoms in total. The topological polar surface area (TPSA) is 49.4 Å². The molecule has 0 radical (unpaired) electrons. The molecule has 1 atom stereocenters. The summed E-state index contributed by atoms with van der Waals surface area (Å²) in [6.07, 6.45) is 2.05. The number of carbonyl (C=O) groups excluding carboxylic acids is 2. The largest absolute Gasteiger partial charge is 0.341 e. The van der Waals surface area contributed by atoms with Crippen LogP contribution < -0.4 is 5.32 Å². The second-order valence-electron chi connectivity index (χ2n) is 5.68. The lowest BCUT2D eigenvalue weighted by Gasteiger charge is -2.32. The Kier molecular flexibility index (Phi) is 5.23. The molecule has 2 rings (SSSR count). The third-order valence-electron chi connectivity index (χ3n) is 3.93. The van der Waals surface area contributed by atoms with E-state index in [1.165, 1.54) is 0 Å². The molecule has 0 aliphatic carbocycles. The van der Waals surface area contributed by atoms with Crippen molar-refractivity contribution < 1.29 is 9.59 Å². The Balaban J connectivity index is 1.95. The number of carbonyl (C=O) groups is 2. The second kappa shape index (κ2) is 6.94. The maximum atomic E-state index is 12.3. The van der Waals surface area contributed by atoms with Gasteiger partial charge in [-0.1, -0.05) is 30.7 Å². The van der Waals surface area contributed by atoms with Crippen LogP contribution in [-0.4, -0.2) is 35.8 Å². The van der Waals surface area contributed by atoms with Crippen molar-refractivity contribution in [3.8, 4) is 0 Å². The van der Waals surface area contributed by atoms with Crippen molar-refractivity contribution in [1.82, 2.24) is 10.2 Å². The Bertz CT molecular complexity index is 525. The summed E-state index contributed by atoms with van der Waals surface area (Å²) in [6.45, 7) is 5.46. The standard InChI is InChI=1S/C16H21ClN2O2/c1-11-7-9-19(10-8-11)16(21)12(2)18-15(20)13-5-3-4-6-14(13)17/h3-6,11-12H,7-10H2,1-2H3,(H,18,20)/t12-/m1/s1. The van der Waals surface area contributed by atoms with Crippen molar-refractivity contribution in [3.63, 3.8) is 0 Å². The van der Waals surface area contributed by atoms with Gasteiger partial charge >= 0.3 is 0 Å². The number of amides is 2. The van der Waals surface area contributed by atoms with Gasteiger partial charge in [0.1, 0.15) is 6.04 Å². The summed E-state index contributed by atoms with van der Waals surface area (Å²) in [5.74, 6) is 0.330. The van der Waals surface area contributed by atoms with Crippen LogP contribution in [0.15, 0.2) is 24.3 Å². The molecule has 1 aliphatic rings. The van der Waals surface area contributed by atoms with Gasteiger partial charge in [-0.15, -0.1) is 0 Å². The van der Waals surface area contributed by atoms with Gasteiger partial charge in [0.15, 0.2) is 0 Å². The first-order valence-corrected chi connectivity index (χ1v) is 7.71. The van der Waals surface area contributed by atoms with Crippen LogP contribution in [0.1, 0.15) is 37.0 Å². The van der Waals surface area contributed by atoms with Gasteiger partial charge in [0.05, 0.1) is 10.6 Å². The van der Waals surface area contributed by atoms with Gasteiger partial charge in [-0.3, -0.25) is 9.59 Å². The Hall–Kier alpha value is -1.55. The summed E-state index contributed by atoms with van der Waals surface area (Å²) in [5.41, 5.74) is 0.395. The molecule has 0 unspecified atom stereocenters. The van der Waals surface area contributed by atoms with Gasteiger partial charge in [-0.05, 0) is 37.8 Å². The zero-order chi connectivity index (χ0) is 15.4. The molecular formula is C16H21ClN2O2. The van der Waals surface area contributed by atoms with Gasteiger partial charge in [-0.2, -0.15) is 0 Å². The molecule has 0 saturated carbocycles. The predicted molar refractivity (Wildman–Crippen MR) is 83.4 cm³/mol. The van der Waals surface area contributed by atoms with Crippen molar-refractivity contribution in [2.24, 2.45) is 5.92 Å². The normalized spacial score (nSPS) is 17.4. The molecule has 0 spiro atoms. The fourth-order valence-corrected chi connectivity index (χ4v) is 2.71. The highest BCUT2D eigenvalue weighted by atomic mass is 35.5. The molecule has 114 valence electrons. The van der Waals surface area contributed by atoms with Gasteiger partial charge < -0.3 is 10.2 Å². The smallest absolute Gasteiger partial charge is 0.253 e. The molecule has 1 aromatic carbocycles. The highest BCUT2D eigenvalue weighted by molar-refractivity contribution is 6.33. The average molecular weight is 309 g/mol. The van der Waals surface area contributed by atoms with E-state index in [0.717, 1.165) is 25.9 Å². The van der Waals surface area contributed by atoms with Crippen molar-refractivity contribution in [2.75, 3.05) is 13.1 Å². The molecule has 5 heteroatoms. The van der Waals surface area contributed by atoms with Crippen molar-refractivity contribution in [3.05, 3.63) is 34.9 Å². The van der Waals surface area contributed by atoms with Crippen molar-refractivity contribution >= 4 is 23.4 Å². The Labute approximate surface area is 130 Å². The van der Waals surface area contributed by atoms with E-state index in [1.807, 2.05) is 4.90 Å². The average Bonchev–Trinajstić information content (AvgIpc) is 2.47. The minimum atomic E-state index is -0.540. The first-order valence-electron chi connectivity index (χ1n) is 7.33. The van der Waals surface area contributed by atoms with Crippen LogP contribution in [0.4, 0.5) is 0 Å². The Morgan fingerprint density at radius 2 is 1.90 bits per heavy atom. The van der Waals surface area contributed by atoms with Crippen LogP contribution in [0, 0.1) is 5.92 Å². The lowest BCUT2D eigenvalue weighted by Crippen LogP contribution is -2.49. The first kappa shape index (κ1) is 15.8. The molecular weight excluding hydrogens is 288 g/mol. The number of nitrogens with one attached hydrogen (secondary N) is 1. The number of likely N-dealkylation sites (tertiary alicyclic amines) is 1. The van der Waals surface area contributed by atoms with E-state index in [4.69, 9.17) is 11.6 Å². The SMILES string of the molecule is CC1CCN(C(=O)[C@@H](C)NC(=O)c2ccccc2Cl)CC1. The van der Waals surface area contributed by atoms with Gasteiger partial charge in [0, 0.05) is 13.1 Å². The van der Waals surface area contributed by atoms with Crippen LogP contribution in [0.5, 0.6) is 0 Å². The molecule has 1 fully saturated rings. The number of hydrogen-bond acceptors (Lipinski definition) is 2. The number of halogens is 1. The Morgan fingerprint density at radius 3 is 2.52 bits per heavy atom. The minimum Gasteiger partial charge on any atom is -0.341 e. The zero-order valence-electron chi connectivity index (χ0n) is 12.4. The van der Waals surface area contributed by atoms with E-state index in [9.17, 15) is 9.59 Å². The molecule has 2 amide bonds. The summed E-state index contributed by atoms with van der Waals surface area (Å²) in [7, 11) is 0. The minimum absolute atomic E-state index is 0.0256. The fraction of sp³-hybridized carbons (Fsp3) is 0.500. The predicted octanol–water partition coefficient (Wildman–Crippen LogP) is 2.72. The van der Waals surface area contributed by atoms with E-state index in [-0.39, 0.29) is 11.8 Å². The van der Waals surface area contributed by atoms with E-state index in [1.54, 1.807) is 31.2 Å². The van der Waals surface area contributed by atoms with E-state index < -0.39 is 6.04 Å². The summed E-state index contributed by atoms with van der Waals surface area (Å²) in [5, 5.41) is 3.12. The zero-order valence-corrected chi connectivity index (χ0v) is 13.2. The quantitative estimate of drug-likeness (QED) is 0.933. The lowest BCUT2D eigenvalue weighted by atomic mass is 9.99. The highest BCUT2D eigenvalue weighted by Crippen LogP contribution is 2.17. The highest BCUT2D eigenvalue weighted by Gasteiger charge is 2.25. The number of nitrogens with zero attached hydrogens (tertiary/aromatic N) is 1. The molecule has 0 bridgehead atoms. The lowest BCUT2D eigenvalue weighted by molar-refractivity contribution is -0.134. The molecule has 0 aromatic heterocycles. The number of rotatable bonds is 3. The molecule has 1 aromatic rings. The molecule has 1 heterocycles. The number of benzene rings is 1. The van der Waals surface area contributed by atoms with E-state index in [2.05, 4.69) is 12.2 Å². The fourth-order valence-electron chi connectivity index (χ4n) is 2.48.